The van der Waals surface area contributed by atoms with Gasteiger partial charge in [-0.15, -0.1) is 0 Å². The lowest BCUT2D eigenvalue weighted by atomic mass is 10.1. The van der Waals surface area contributed by atoms with E-state index in [0.717, 1.165) is 29.4 Å². The van der Waals surface area contributed by atoms with Gasteiger partial charge >= 0.3 is 0 Å². The number of anilines is 1. The highest BCUT2D eigenvalue weighted by Gasteiger charge is 2.32. The number of sulfone groups is 1. The number of nitrogens with zero attached hydrogens (tertiary/aromatic N) is 2. The summed E-state index contributed by atoms with van der Waals surface area (Å²) in [7, 11) is -3.08. The van der Waals surface area contributed by atoms with E-state index in [1.54, 1.807) is 18.7 Å². The van der Waals surface area contributed by atoms with Gasteiger partial charge in [0.1, 0.15) is 0 Å². The standard InChI is InChI=1S/C18H24N4O3S2/c1-3-16-10-19-18(26-16)20-15-6-4-13(5-7-15)12(2)21-22-17(23)14-8-9-27(24,25)11-14/h4-7,14,16H,3,8-11H2,1-2H3,(H,19,20)(H,22,23)/b21-12-/t14-,16+/m1/s1. The summed E-state index contributed by atoms with van der Waals surface area (Å²) in [5, 5.41) is 8.93. The summed E-state index contributed by atoms with van der Waals surface area (Å²) >= 11 is 1.76. The predicted molar refractivity (Wildman–Crippen MR) is 111 cm³/mol. The van der Waals surface area contributed by atoms with Gasteiger partial charge in [-0.2, -0.15) is 5.10 Å². The summed E-state index contributed by atoms with van der Waals surface area (Å²) in [5.41, 5.74) is 4.99. The van der Waals surface area contributed by atoms with Crippen LogP contribution in [0.25, 0.3) is 0 Å². The molecule has 1 saturated heterocycles. The number of nitrogens with one attached hydrogen (secondary N) is 2. The van der Waals surface area contributed by atoms with E-state index in [2.05, 4.69) is 27.8 Å². The van der Waals surface area contributed by atoms with Crippen molar-refractivity contribution in [3.05, 3.63) is 29.8 Å². The first kappa shape index (κ1) is 19.9. The average Bonchev–Trinajstić information content (AvgIpc) is 3.25. The van der Waals surface area contributed by atoms with Crippen LogP contribution in [0, 0.1) is 5.92 Å². The van der Waals surface area contributed by atoms with Crippen molar-refractivity contribution < 1.29 is 13.2 Å². The fourth-order valence-corrected chi connectivity index (χ4v) is 5.61. The quantitative estimate of drug-likeness (QED) is 0.575. The topological polar surface area (TPSA) is 100.0 Å². The number of amides is 1. The van der Waals surface area contributed by atoms with Gasteiger partial charge in [-0.1, -0.05) is 30.8 Å². The molecule has 0 saturated carbocycles. The molecule has 1 amide bonds. The maximum Gasteiger partial charge on any atom is 0.244 e. The van der Waals surface area contributed by atoms with Crippen molar-refractivity contribution in [2.45, 2.75) is 31.9 Å². The SMILES string of the molecule is CC[C@H]1CN=C(Nc2ccc(/C(C)=N\NC(=O)[C@@H]3CCS(=O)(=O)C3)cc2)S1. The van der Waals surface area contributed by atoms with E-state index in [1.165, 1.54) is 0 Å². The molecule has 0 aromatic heterocycles. The van der Waals surface area contributed by atoms with Gasteiger partial charge in [0.2, 0.25) is 5.91 Å². The molecule has 0 spiro atoms. The number of amidine groups is 1. The molecule has 146 valence electrons. The Balaban J connectivity index is 1.55. The summed E-state index contributed by atoms with van der Waals surface area (Å²) in [5.74, 6) is -0.857. The van der Waals surface area contributed by atoms with Crippen LogP contribution >= 0.6 is 11.8 Å². The van der Waals surface area contributed by atoms with Crippen LogP contribution in [0.3, 0.4) is 0 Å². The highest BCUT2D eigenvalue weighted by molar-refractivity contribution is 8.15. The molecule has 1 aromatic carbocycles. The van der Waals surface area contributed by atoms with Gasteiger partial charge in [0.05, 0.1) is 29.7 Å². The zero-order valence-electron chi connectivity index (χ0n) is 15.4. The fraction of sp³-hybridized carbons (Fsp3) is 0.500. The van der Waals surface area contributed by atoms with Crippen molar-refractivity contribution in [3.8, 4) is 0 Å². The molecule has 0 unspecified atom stereocenters. The Kier molecular flexibility index (Phi) is 6.21. The highest BCUT2D eigenvalue weighted by Crippen LogP contribution is 2.24. The van der Waals surface area contributed by atoms with E-state index < -0.39 is 15.8 Å². The Bertz CT molecular complexity index is 863. The summed E-state index contributed by atoms with van der Waals surface area (Å²) in [6, 6.07) is 7.74. The van der Waals surface area contributed by atoms with Crippen LogP contribution in [-0.2, 0) is 14.6 Å². The molecule has 2 atom stereocenters. The number of carbonyl (C=O) groups excluding carboxylic acids is 1. The number of hydrogen-bond acceptors (Lipinski definition) is 7. The van der Waals surface area contributed by atoms with Crippen LogP contribution in [-0.4, -0.2) is 48.5 Å². The Morgan fingerprint density at radius 2 is 2.07 bits per heavy atom. The van der Waals surface area contributed by atoms with Crippen LogP contribution in [0.5, 0.6) is 0 Å². The molecule has 27 heavy (non-hydrogen) atoms. The monoisotopic (exact) mass is 408 g/mol. The van der Waals surface area contributed by atoms with E-state index in [1.807, 2.05) is 24.3 Å². The lowest BCUT2D eigenvalue weighted by Gasteiger charge is -2.09. The summed E-state index contributed by atoms with van der Waals surface area (Å²) in [6.07, 6.45) is 1.47. The van der Waals surface area contributed by atoms with Crippen molar-refractivity contribution in [1.82, 2.24) is 5.43 Å². The van der Waals surface area contributed by atoms with Crippen molar-refractivity contribution in [2.75, 3.05) is 23.4 Å². The molecule has 2 aliphatic heterocycles. The second kappa shape index (κ2) is 8.43. The molecular formula is C18H24N4O3S2. The number of hydrogen-bond donors (Lipinski definition) is 2. The van der Waals surface area contributed by atoms with Crippen molar-refractivity contribution >= 4 is 44.1 Å². The predicted octanol–water partition coefficient (Wildman–Crippen LogP) is 2.25. The van der Waals surface area contributed by atoms with Gasteiger partial charge in [-0.3, -0.25) is 9.79 Å². The molecule has 0 radical (unpaired) electrons. The molecule has 2 aliphatic rings. The lowest BCUT2D eigenvalue weighted by molar-refractivity contribution is -0.124. The van der Waals surface area contributed by atoms with Crippen LogP contribution < -0.4 is 10.7 Å². The first-order valence-corrected chi connectivity index (χ1v) is 11.7. The van der Waals surface area contributed by atoms with E-state index in [9.17, 15) is 13.2 Å². The second-order valence-electron chi connectivity index (χ2n) is 6.77. The minimum Gasteiger partial charge on any atom is -0.335 e. The minimum atomic E-state index is -3.08. The normalized spacial score (nSPS) is 24.5. The average molecular weight is 409 g/mol. The maximum atomic E-state index is 12.1. The summed E-state index contributed by atoms with van der Waals surface area (Å²) in [6.45, 7) is 4.82. The molecule has 0 aliphatic carbocycles. The molecule has 9 heteroatoms. The van der Waals surface area contributed by atoms with E-state index in [-0.39, 0.29) is 17.4 Å². The maximum absolute atomic E-state index is 12.1. The largest absolute Gasteiger partial charge is 0.335 e. The first-order chi connectivity index (χ1) is 12.9. The summed E-state index contributed by atoms with van der Waals surface area (Å²) < 4.78 is 22.9. The van der Waals surface area contributed by atoms with Gasteiger partial charge in [0.15, 0.2) is 15.0 Å². The third-order valence-electron chi connectivity index (χ3n) is 4.66. The number of carbonyl (C=O) groups is 1. The molecule has 1 fully saturated rings. The van der Waals surface area contributed by atoms with Gasteiger partial charge in [0.25, 0.3) is 0 Å². The van der Waals surface area contributed by atoms with Crippen LogP contribution in [0.1, 0.15) is 32.3 Å². The van der Waals surface area contributed by atoms with Gasteiger partial charge in [-0.25, -0.2) is 13.8 Å². The molecule has 3 rings (SSSR count). The molecule has 0 bridgehead atoms. The lowest BCUT2D eigenvalue weighted by Crippen LogP contribution is -2.28. The Morgan fingerprint density at radius 3 is 2.67 bits per heavy atom. The smallest absolute Gasteiger partial charge is 0.244 e. The third kappa shape index (κ3) is 5.32. The van der Waals surface area contributed by atoms with Gasteiger partial charge in [-0.05, 0) is 37.5 Å². The highest BCUT2D eigenvalue weighted by atomic mass is 32.2. The number of benzene rings is 1. The van der Waals surface area contributed by atoms with E-state index >= 15 is 0 Å². The number of aliphatic imine (C=N–C) groups is 1. The Morgan fingerprint density at radius 1 is 1.33 bits per heavy atom. The van der Waals surface area contributed by atoms with Crippen LogP contribution in [0.15, 0.2) is 34.4 Å². The minimum absolute atomic E-state index is 0.0742. The number of rotatable bonds is 5. The van der Waals surface area contributed by atoms with Crippen molar-refractivity contribution in [3.63, 3.8) is 0 Å². The van der Waals surface area contributed by atoms with Gasteiger partial charge < -0.3 is 5.32 Å². The molecule has 1 aromatic rings. The molecule has 2 heterocycles. The van der Waals surface area contributed by atoms with Crippen molar-refractivity contribution in [1.29, 1.82) is 0 Å². The number of thioether (sulfide) groups is 1. The van der Waals surface area contributed by atoms with E-state index in [4.69, 9.17) is 0 Å². The summed E-state index contributed by atoms with van der Waals surface area (Å²) in [4.78, 5) is 16.6. The van der Waals surface area contributed by atoms with E-state index in [0.29, 0.717) is 17.4 Å². The zero-order valence-corrected chi connectivity index (χ0v) is 17.1. The van der Waals surface area contributed by atoms with Crippen LogP contribution in [0.4, 0.5) is 5.69 Å². The Labute approximate surface area is 164 Å². The zero-order chi connectivity index (χ0) is 19.4. The fourth-order valence-electron chi connectivity index (χ4n) is 2.91. The first-order valence-electron chi connectivity index (χ1n) is 8.99. The Hall–Kier alpha value is -1.87. The van der Waals surface area contributed by atoms with Crippen LogP contribution in [0.2, 0.25) is 0 Å². The number of hydrazone groups is 1. The molecular weight excluding hydrogens is 384 g/mol. The van der Waals surface area contributed by atoms with Crippen molar-refractivity contribution in [2.24, 2.45) is 16.0 Å². The van der Waals surface area contributed by atoms with Gasteiger partial charge in [0, 0.05) is 10.9 Å². The molecule has 7 nitrogen and oxygen atoms in total. The second-order valence-corrected chi connectivity index (χ2v) is 10.3. The molecule has 2 N–H and O–H groups in total. The third-order valence-corrected chi connectivity index (χ3v) is 7.70.